The Morgan fingerprint density at radius 1 is 1.04 bits per heavy atom. The van der Waals surface area contributed by atoms with Crippen LogP contribution in [-0.2, 0) is 13.6 Å². The number of carbonyl (C=O) groups excluding carboxylic acids is 1. The second-order valence-electron chi connectivity index (χ2n) is 12.3. The van der Waals surface area contributed by atoms with Crippen LogP contribution < -0.4 is 20.9 Å². The minimum atomic E-state index is -0.454. The highest BCUT2D eigenvalue weighted by Crippen LogP contribution is 2.34. The third kappa shape index (κ3) is 7.10. The Labute approximate surface area is 268 Å². The van der Waals surface area contributed by atoms with Crippen LogP contribution in [0.4, 0.5) is 22.4 Å². The molecule has 1 aromatic carbocycles. The molecule has 12 nitrogen and oxygen atoms in total. The van der Waals surface area contributed by atoms with Crippen molar-refractivity contribution in [1.29, 1.82) is 5.26 Å². The van der Waals surface area contributed by atoms with Gasteiger partial charge in [-0.3, -0.25) is 9.58 Å². The van der Waals surface area contributed by atoms with E-state index in [4.69, 9.17) is 4.98 Å². The van der Waals surface area contributed by atoms with Crippen molar-refractivity contribution in [3.05, 3.63) is 78.4 Å². The summed E-state index contributed by atoms with van der Waals surface area (Å²) in [6.07, 6.45) is 13.9. The van der Waals surface area contributed by atoms with Crippen LogP contribution >= 0.6 is 0 Å². The lowest BCUT2D eigenvalue weighted by Gasteiger charge is -2.36. The molecule has 0 unspecified atom stereocenters. The molecule has 4 aromatic rings. The average molecular weight is 621 g/mol. The molecule has 12 heteroatoms. The number of carbonyl (C=O) groups is 1. The van der Waals surface area contributed by atoms with Crippen LogP contribution in [0.25, 0.3) is 11.1 Å². The van der Waals surface area contributed by atoms with Gasteiger partial charge in [0.25, 0.3) is 0 Å². The predicted octanol–water partition coefficient (Wildman–Crippen LogP) is 5.00. The first-order chi connectivity index (χ1) is 22.4. The number of nitrogens with zero attached hydrogens (tertiary/aromatic N) is 7. The van der Waals surface area contributed by atoms with Crippen LogP contribution in [0.15, 0.2) is 67.3 Å². The van der Waals surface area contributed by atoms with Gasteiger partial charge in [-0.05, 0) is 56.2 Å². The van der Waals surface area contributed by atoms with Crippen molar-refractivity contribution in [3.8, 4) is 17.2 Å². The van der Waals surface area contributed by atoms with Crippen molar-refractivity contribution in [3.63, 3.8) is 0 Å². The van der Waals surface area contributed by atoms with E-state index in [0.29, 0.717) is 29.7 Å². The van der Waals surface area contributed by atoms with Crippen molar-refractivity contribution in [2.24, 2.45) is 7.05 Å². The van der Waals surface area contributed by atoms with Crippen molar-refractivity contribution >= 4 is 23.6 Å². The van der Waals surface area contributed by atoms with E-state index in [-0.39, 0.29) is 24.7 Å². The molecule has 3 heterocycles. The van der Waals surface area contributed by atoms with Crippen molar-refractivity contribution in [2.45, 2.75) is 75.5 Å². The maximum atomic E-state index is 13.7. The zero-order chi connectivity index (χ0) is 31.9. The number of aliphatic hydroxyl groups is 1. The zero-order valence-corrected chi connectivity index (χ0v) is 26.1. The lowest BCUT2D eigenvalue weighted by atomic mass is 9.90. The molecular formula is C34H40N10O2. The lowest BCUT2D eigenvalue weighted by molar-refractivity contribution is 0.214. The van der Waals surface area contributed by atoms with Gasteiger partial charge in [0, 0.05) is 49.2 Å². The number of pyridine rings is 1. The molecule has 0 bridgehead atoms. The Kier molecular flexibility index (Phi) is 9.40. The summed E-state index contributed by atoms with van der Waals surface area (Å²) in [5, 5.41) is 33.9. The monoisotopic (exact) mass is 620 g/mol. The maximum Gasteiger partial charge on any atom is 0.323 e. The third-order valence-corrected chi connectivity index (χ3v) is 9.09. The molecule has 0 radical (unpaired) electrons. The van der Waals surface area contributed by atoms with Gasteiger partial charge >= 0.3 is 6.03 Å². The minimum absolute atomic E-state index is 0.00881. The summed E-state index contributed by atoms with van der Waals surface area (Å²) in [6.45, 7) is 0.413. The number of nitriles is 1. The Morgan fingerprint density at radius 2 is 1.83 bits per heavy atom. The highest BCUT2D eigenvalue weighted by Gasteiger charge is 2.35. The first kappa shape index (κ1) is 31.0. The molecule has 2 aliphatic rings. The van der Waals surface area contributed by atoms with E-state index >= 15 is 0 Å². The van der Waals surface area contributed by atoms with Crippen LogP contribution in [-0.4, -0.2) is 60.1 Å². The molecule has 46 heavy (non-hydrogen) atoms. The van der Waals surface area contributed by atoms with Crippen molar-refractivity contribution in [1.82, 2.24) is 30.0 Å². The van der Waals surface area contributed by atoms with E-state index in [1.807, 2.05) is 55.7 Å². The summed E-state index contributed by atoms with van der Waals surface area (Å²) in [6, 6.07) is 15.8. The second-order valence-corrected chi connectivity index (χ2v) is 12.3. The first-order valence-corrected chi connectivity index (χ1v) is 15.9. The molecule has 238 valence electrons. The average Bonchev–Trinajstić information content (AvgIpc) is 3.75. The number of benzene rings is 1. The number of nitrogens with one attached hydrogen (secondary N) is 3. The normalized spacial score (nSPS) is 18.8. The quantitative estimate of drug-likeness (QED) is 0.192. The Morgan fingerprint density at radius 3 is 2.48 bits per heavy atom. The molecule has 2 amide bonds. The molecule has 0 spiro atoms. The van der Waals surface area contributed by atoms with Gasteiger partial charge in [-0.1, -0.05) is 43.2 Å². The fraction of sp³-hybridized carbons (Fsp3) is 0.412. The number of anilines is 3. The van der Waals surface area contributed by atoms with Crippen LogP contribution in [0.3, 0.4) is 0 Å². The molecule has 3 aromatic heterocycles. The molecule has 6 rings (SSSR count). The Hall–Kier alpha value is -5.02. The van der Waals surface area contributed by atoms with E-state index in [9.17, 15) is 15.2 Å². The van der Waals surface area contributed by atoms with Crippen LogP contribution in [0, 0.1) is 11.3 Å². The van der Waals surface area contributed by atoms with E-state index in [1.165, 1.54) is 6.20 Å². The molecule has 2 aliphatic carbocycles. The van der Waals surface area contributed by atoms with Gasteiger partial charge in [0.05, 0.1) is 24.5 Å². The number of hydrogen-bond acceptors (Lipinski definition) is 9. The Bertz CT molecular complexity index is 1650. The van der Waals surface area contributed by atoms with E-state index in [1.54, 1.807) is 22.0 Å². The van der Waals surface area contributed by atoms with Gasteiger partial charge in [0.2, 0.25) is 5.95 Å². The van der Waals surface area contributed by atoms with E-state index in [0.717, 1.165) is 68.1 Å². The third-order valence-electron chi connectivity index (χ3n) is 9.09. The summed E-state index contributed by atoms with van der Waals surface area (Å²) >= 11 is 0. The summed E-state index contributed by atoms with van der Waals surface area (Å²) in [4.78, 5) is 29.3. The first-order valence-electron chi connectivity index (χ1n) is 15.9. The highest BCUT2D eigenvalue weighted by molar-refractivity contribution is 5.91. The standard InChI is InChI=1S/C34H40N10O2/c1-43-22-27(21-39-43)25-9-14-30(36-19-25)44(33(46)38-18-24-7-3-2-4-8-24)29-12-10-28(11-13-29)40-32-37-20-26(17-35)31(41-32)42-34(23-45)15-5-6-16-34/h2-4,7-9,14,19-22,28-29,45H,5-6,10-13,15-16,18,23H2,1H3,(H,38,46)(H2,37,40,41,42)/t28-,29-. The Balaban J connectivity index is 1.14. The molecule has 0 atom stereocenters. The largest absolute Gasteiger partial charge is 0.394 e. The number of hydrogen-bond donors (Lipinski definition) is 4. The fourth-order valence-electron chi connectivity index (χ4n) is 6.50. The summed E-state index contributed by atoms with van der Waals surface area (Å²) in [5.74, 6) is 1.50. The van der Waals surface area contributed by atoms with Gasteiger partial charge in [-0.25, -0.2) is 14.8 Å². The van der Waals surface area contributed by atoms with Gasteiger partial charge in [0.1, 0.15) is 23.3 Å². The fourth-order valence-corrected chi connectivity index (χ4v) is 6.50. The molecule has 2 fully saturated rings. The van der Waals surface area contributed by atoms with Crippen LogP contribution in [0.2, 0.25) is 0 Å². The molecule has 2 saturated carbocycles. The summed E-state index contributed by atoms with van der Waals surface area (Å²) in [7, 11) is 1.88. The number of amides is 2. The molecule has 0 saturated heterocycles. The van der Waals surface area contributed by atoms with Crippen molar-refractivity contribution < 1.29 is 9.90 Å². The van der Waals surface area contributed by atoms with Crippen LogP contribution in [0.5, 0.6) is 0 Å². The van der Waals surface area contributed by atoms with E-state index in [2.05, 4.69) is 37.1 Å². The second kappa shape index (κ2) is 14.0. The van der Waals surface area contributed by atoms with Gasteiger partial charge in [0.15, 0.2) is 0 Å². The number of aromatic nitrogens is 5. The van der Waals surface area contributed by atoms with E-state index < -0.39 is 5.54 Å². The smallest absolute Gasteiger partial charge is 0.323 e. The van der Waals surface area contributed by atoms with Gasteiger partial charge in [-0.2, -0.15) is 15.3 Å². The number of urea groups is 1. The molecular weight excluding hydrogens is 580 g/mol. The summed E-state index contributed by atoms with van der Waals surface area (Å²) < 4.78 is 1.75. The topological polar surface area (TPSA) is 157 Å². The minimum Gasteiger partial charge on any atom is -0.394 e. The number of aryl methyl sites for hydroxylation is 1. The highest BCUT2D eigenvalue weighted by atomic mass is 16.3. The lowest BCUT2D eigenvalue weighted by Crippen LogP contribution is -2.49. The van der Waals surface area contributed by atoms with Crippen molar-refractivity contribution in [2.75, 3.05) is 22.1 Å². The molecule has 4 N–H and O–H groups in total. The number of rotatable bonds is 10. The van der Waals surface area contributed by atoms with Gasteiger partial charge < -0.3 is 21.1 Å². The number of aliphatic hydroxyl groups excluding tert-OH is 1. The summed E-state index contributed by atoms with van der Waals surface area (Å²) in [5.41, 5.74) is 2.82. The molecule has 0 aliphatic heterocycles. The SMILES string of the molecule is Cn1cc(-c2ccc(N(C(=O)NCc3ccccc3)[C@H]3CC[C@H](Nc4ncc(C#N)c(NC5(CO)CCCC5)n4)CC3)nc2)cn1. The van der Waals surface area contributed by atoms with Crippen LogP contribution in [0.1, 0.15) is 62.5 Å². The zero-order valence-electron chi connectivity index (χ0n) is 26.1. The predicted molar refractivity (Wildman–Crippen MR) is 176 cm³/mol. The van der Waals surface area contributed by atoms with Gasteiger partial charge in [-0.15, -0.1) is 0 Å². The maximum absolute atomic E-state index is 13.7.